The summed E-state index contributed by atoms with van der Waals surface area (Å²) < 4.78 is 5.33. The molecule has 0 unspecified atom stereocenters. The van der Waals surface area contributed by atoms with Gasteiger partial charge in [-0.1, -0.05) is 24.3 Å². The van der Waals surface area contributed by atoms with Gasteiger partial charge in [-0.2, -0.15) is 0 Å². The van der Waals surface area contributed by atoms with Gasteiger partial charge in [0.25, 0.3) is 11.8 Å². The standard InChI is InChI=1S/C20H15N3O4S/c1-27-16-9-5-4-8-14(16)15-11-28-20(21-15)22-17(24)10-23-18(25)12-6-2-3-7-13(12)19(23)26/h2-9,11H,10H2,1H3,(H,21,22,24). The number of rotatable bonds is 5. The normalized spacial score (nSPS) is 12.8. The minimum absolute atomic E-state index is 0.313. The molecule has 0 atom stereocenters. The summed E-state index contributed by atoms with van der Waals surface area (Å²) in [4.78, 5) is 42.4. The monoisotopic (exact) mass is 393 g/mol. The summed E-state index contributed by atoms with van der Waals surface area (Å²) in [6, 6.07) is 14.0. The highest BCUT2D eigenvalue weighted by Crippen LogP contribution is 2.32. The first-order chi connectivity index (χ1) is 13.6. The fraction of sp³-hybridized carbons (Fsp3) is 0.100. The largest absolute Gasteiger partial charge is 0.496 e. The Balaban J connectivity index is 1.46. The molecule has 1 N–H and O–H groups in total. The highest BCUT2D eigenvalue weighted by Gasteiger charge is 2.36. The number of anilines is 1. The van der Waals surface area contributed by atoms with Crippen LogP contribution in [0, 0.1) is 0 Å². The molecule has 3 aromatic rings. The van der Waals surface area contributed by atoms with Crippen molar-refractivity contribution in [1.29, 1.82) is 0 Å². The van der Waals surface area contributed by atoms with Crippen molar-refractivity contribution < 1.29 is 19.1 Å². The number of fused-ring (bicyclic) bond motifs is 1. The molecular formula is C20H15N3O4S. The number of amides is 3. The van der Waals surface area contributed by atoms with E-state index in [0.29, 0.717) is 27.7 Å². The van der Waals surface area contributed by atoms with E-state index in [2.05, 4.69) is 10.3 Å². The molecule has 0 aliphatic carbocycles. The fourth-order valence-corrected chi connectivity index (χ4v) is 3.72. The average molecular weight is 393 g/mol. The highest BCUT2D eigenvalue weighted by molar-refractivity contribution is 7.14. The Labute approximate surface area is 164 Å². The van der Waals surface area contributed by atoms with Gasteiger partial charge in [0.2, 0.25) is 5.91 Å². The molecule has 4 rings (SSSR count). The van der Waals surface area contributed by atoms with E-state index in [-0.39, 0.29) is 6.54 Å². The third kappa shape index (κ3) is 3.14. The quantitative estimate of drug-likeness (QED) is 0.673. The van der Waals surface area contributed by atoms with Crippen LogP contribution >= 0.6 is 11.3 Å². The lowest BCUT2D eigenvalue weighted by Gasteiger charge is -2.12. The molecular weight excluding hydrogens is 378 g/mol. The number of methoxy groups -OCH3 is 1. The van der Waals surface area contributed by atoms with Gasteiger partial charge in [0, 0.05) is 10.9 Å². The van der Waals surface area contributed by atoms with E-state index in [9.17, 15) is 14.4 Å². The molecule has 7 nitrogen and oxygen atoms in total. The SMILES string of the molecule is COc1ccccc1-c1csc(NC(=O)CN2C(=O)c3ccccc3C2=O)n1. The molecule has 8 heteroatoms. The Kier molecular flexibility index (Phi) is 4.62. The van der Waals surface area contributed by atoms with Crippen molar-refractivity contribution in [3.05, 3.63) is 65.0 Å². The van der Waals surface area contributed by atoms with Gasteiger partial charge in [-0.25, -0.2) is 4.98 Å². The van der Waals surface area contributed by atoms with Crippen LogP contribution in [0.2, 0.25) is 0 Å². The van der Waals surface area contributed by atoms with Crippen molar-refractivity contribution in [3.63, 3.8) is 0 Å². The van der Waals surface area contributed by atoms with E-state index >= 15 is 0 Å². The molecule has 0 spiro atoms. The number of hydrogen-bond acceptors (Lipinski definition) is 6. The molecule has 2 heterocycles. The minimum atomic E-state index is -0.490. The number of carbonyl (C=O) groups is 3. The number of hydrogen-bond donors (Lipinski definition) is 1. The second kappa shape index (κ2) is 7.24. The predicted octanol–water partition coefficient (Wildman–Crippen LogP) is 3.05. The van der Waals surface area contributed by atoms with Gasteiger partial charge in [-0.15, -0.1) is 11.3 Å². The Bertz CT molecular complexity index is 1060. The number of benzene rings is 2. The van der Waals surface area contributed by atoms with Crippen LogP contribution in [0.15, 0.2) is 53.9 Å². The van der Waals surface area contributed by atoms with Crippen molar-refractivity contribution in [3.8, 4) is 17.0 Å². The summed E-state index contributed by atoms with van der Waals surface area (Å²) in [6.45, 7) is -0.365. The zero-order valence-electron chi connectivity index (χ0n) is 14.8. The van der Waals surface area contributed by atoms with Crippen molar-refractivity contribution in [2.24, 2.45) is 0 Å². The zero-order chi connectivity index (χ0) is 19.7. The maximum atomic E-state index is 12.4. The van der Waals surface area contributed by atoms with Crippen LogP contribution in [-0.4, -0.2) is 41.3 Å². The van der Waals surface area contributed by atoms with E-state index in [1.54, 1.807) is 36.8 Å². The fourth-order valence-electron chi connectivity index (χ4n) is 3.00. The topological polar surface area (TPSA) is 88.6 Å². The molecule has 28 heavy (non-hydrogen) atoms. The van der Waals surface area contributed by atoms with E-state index in [0.717, 1.165) is 10.5 Å². The Morgan fingerprint density at radius 2 is 1.64 bits per heavy atom. The van der Waals surface area contributed by atoms with Gasteiger partial charge in [-0.3, -0.25) is 19.3 Å². The molecule has 0 bridgehead atoms. The maximum Gasteiger partial charge on any atom is 0.262 e. The Morgan fingerprint density at radius 3 is 2.29 bits per heavy atom. The Hall–Kier alpha value is -3.52. The second-order valence-electron chi connectivity index (χ2n) is 6.03. The number of nitrogens with one attached hydrogen (secondary N) is 1. The molecule has 0 radical (unpaired) electrons. The number of ether oxygens (including phenoxy) is 1. The van der Waals surface area contributed by atoms with Crippen molar-refractivity contribution >= 4 is 34.2 Å². The summed E-state index contributed by atoms with van der Waals surface area (Å²) in [7, 11) is 1.58. The second-order valence-corrected chi connectivity index (χ2v) is 6.89. The number of aromatic nitrogens is 1. The summed E-state index contributed by atoms with van der Waals surface area (Å²) in [6.07, 6.45) is 0. The lowest BCUT2D eigenvalue weighted by molar-refractivity contribution is -0.116. The van der Waals surface area contributed by atoms with Gasteiger partial charge in [0.05, 0.1) is 23.9 Å². The summed E-state index contributed by atoms with van der Waals surface area (Å²) in [5.74, 6) is -0.749. The van der Waals surface area contributed by atoms with Crippen LogP contribution in [0.3, 0.4) is 0 Å². The van der Waals surface area contributed by atoms with Crippen LogP contribution in [0.5, 0.6) is 5.75 Å². The van der Waals surface area contributed by atoms with E-state index in [4.69, 9.17) is 4.74 Å². The number of carbonyl (C=O) groups excluding carboxylic acids is 3. The van der Waals surface area contributed by atoms with Crippen LogP contribution in [-0.2, 0) is 4.79 Å². The molecule has 0 saturated heterocycles. The summed E-state index contributed by atoms with van der Waals surface area (Å²) in [5, 5.41) is 4.82. The predicted molar refractivity (Wildman–Crippen MR) is 105 cm³/mol. The van der Waals surface area contributed by atoms with Gasteiger partial charge >= 0.3 is 0 Å². The van der Waals surface area contributed by atoms with Crippen molar-refractivity contribution in [2.75, 3.05) is 19.0 Å². The van der Waals surface area contributed by atoms with Gasteiger partial charge in [0.1, 0.15) is 12.3 Å². The molecule has 0 fully saturated rings. The van der Waals surface area contributed by atoms with Gasteiger partial charge in [-0.05, 0) is 24.3 Å². The van der Waals surface area contributed by atoms with Gasteiger partial charge < -0.3 is 10.1 Å². The Morgan fingerprint density at radius 1 is 1.04 bits per heavy atom. The zero-order valence-corrected chi connectivity index (χ0v) is 15.7. The van der Waals surface area contributed by atoms with E-state index in [1.807, 2.05) is 24.3 Å². The molecule has 1 aliphatic heterocycles. The molecule has 0 saturated carbocycles. The number of imide groups is 1. The van der Waals surface area contributed by atoms with Crippen LogP contribution < -0.4 is 10.1 Å². The van der Waals surface area contributed by atoms with E-state index < -0.39 is 17.7 Å². The summed E-state index contributed by atoms with van der Waals surface area (Å²) >= 11 is 1.25. The highest BCUT2D eigenvalue weighted by atomic mass is 32.1. The smallest absolute Gasteiger partial charge is 0.262 e. The molecule has 3 amide bonds. The molecule has 140 valence electrons. The first-order valence-corrected chi connectivity index (χ1v) is 9.30. The van der Waals surface area contributed by atoms with Gasteiger partial charge in [0.15, 0.2) is 5.13 Å². The van der Waals surface area contributed by atoms with E-state index in [1.165, 1.54) is 11.3 Å². The summed E-state index contributed by atoms with van der Waals surface area (Å²) in [5.41, 5.74) is 2.10. The third-order valence-corrected chi connectivity index (χ3v) is 5.07. The molecule has 2 aromatic carbocycles. The number of para-hydroxylation sites is 1. The lowest BCUT2D eigenvalue weighted by Crippen LogP contribution is -2.37. The van der Waals surface area contributed by atoms with Crippen LogP contribution in [0.25, 0.3) is 11.3 Å². The van der Waals surface area contributed by atoms with Crippen molar-refractivity contribution in [2.45, 2.75) is 0 Å². The van der Waals surface area contributed by atoms with Crippen LogP contribution in [0.1, 0.15) is 20.7 Å². The number of nitrogens with zero attached hydrogens (tertiary/aromatic N) is 2. The molecule has 1 aliphatic rings. The first kappa shape index (κ1) is 17.9. The average Bonchev–Trinajstić information content (AvgIpc) is 3.27. The molecule has 1 aromatic heterocycles. The first-order valence-electron chi connectivity index (χ1n) is 8.42. The van der Waals surface area contributed by atoms with Crippen molar-refractivity contribution in [1.82, 2.24) is 9.88 Å². The number of thiazole rings is 1. The maximum absolute atomic E-state index is 12.4. The lowest BCUT2D eigenvalue weighted by atomic mass is 10.1. The third-order valence-electron chi connectivity index (χ3n) is 4.31. The minimum Gasteiger partial charge on any atom is -0.496 e. The van der Waals surface area contributed by atoms with Crippen LogP contribution in [0.4, 0.5) is 5.13 Å².